The summed E-state index contributed by atoms with van der Waals surface area (Å²) >= 11 is 1.83. The highest BCUT2D eigenvalue weighted by Gasteiger charge is 2.29. The zero-order chi connectivity index (χ0) is 15.3. The summed E-state index contributed by atoms with van der Waals surface area (Å²) < 4.78 is 26.7. The van der Waals surface area contributed by atoms with Gasteiger partial charge in [-0.3, -0.25) is 0 Å². The lowest BCUT2D eigenvalue weighted by Crippen LogP contribution is -2.44. The molecule has 1 aromatic carbocycles. The number of hydrogen-bond acceptors (Lipinski definition) is 4. The Morgan fingerprint density at radius 1 is 1.29 bits per heavy atom. The van der Waals surface area contributed by atoms with Gasteiger partial charge in [-0.05, 0) is 24.6 Å². The molecule has 2 rings (SSSR count). The van der Waals surface area contributed by atoms with Gasteiger partial charge in [-0.15, -0.1) is 0 Å². The van der Waals surface area contributed by atoms with E-state index in [0.29, 0.717) is 6.54 Å². The fourth-order valence-electron chi connectivity index (χ4n) is 2.44. The molecule has 1 aromatic rings. The van der Waals surface area contributed by atoms with Crippen LogP contribution in [0.5, 0.6) is 0 Å². The van der Waals surface area contributed by atoms with E-state index in [1.54, 1.807) is 4.31 Å². The van der Waals surface area contributed by atoms with E-state index in [2.05, 4.69) is 12.2 Å². The minimum Gasteiger partial charge on any atom is -0.313 e. The summed E-state index contributed by atoms with van der Waals surface area (Å²) in [4.78, 5) is 0. The molecule has 0 saturated carbocycles. The molecule has 21 heavy (non-hydrogen) atoms. The lowest BCUT2D eigenvalue weighted by Gasteiger charge is -2.32. The molecule has 118 valence electrons. The van der Waals surface area contributed by atoms with Gasteiger partial charge < -0.3 is 5.32 Å². The molecule has 0 radical (unpaired) electrons. The third kappa shape index (κ3) is 4.71. The van der Waals surface area contributed by atoms with Crippen LogP contribution in [0.3, 0.4) is 0 Å². The van der Waals surface area contributed by atoms with Gasteiger partial charge in [0, 0.05) is 30.6 Å². The van der Waals surface area contributed by atoms with E-state index in [9.17, 15) is 8.42 Å². The number of hydrogen-bond donors (Lipinski definition) is 1. The molecule has 4 nitrogen and oxygen atoms in total. The molecule has 1 aliphatic rings. The van der Waals surface area contributed by atoms with Crippen molar-refractivity contribution in [2.45, 2.75) is 32.2 Å². The van der Waals surface area contributed by atoms with E-state index < -0.39 is 10.0 Å². The second-order valence-corrected chi connectivity index (χ2v) is 8.46. The molecule has 0 amide bonds. The molecule has 1 fully saturated rings. The number of sulfonamides is 1. The Morgan fingerprint density at radius 3 is 2.57 bits per heavy atom. The maximum absolute atomic E-state index is 12.5. The molecule has 1 saturated heterocycles. The van der Waals surface area contributed by atoms with Crippen molar-refractivity contribution in [3.63, 3.8) is 0 Å². The first-order chi connectivity index (χ1) is 10.0. The van der Waals surface area contributed by atoms with Crippen LogP contribution in [0.15, 0.2) is 24.3 Å². The van der Waals surface area contributed by atoms with Gasteiger partial charge in [0.2, 0.25) is 10.0 Å². The molecule has 1 atom stereocenters. The first-order valence-electron chi connectivity index (χ1n) is 7.38. The van der Waals surface area contributed by atoms with E-state index in [1.165, 1.54) is 5.56 Å². The Balaban J connectivity index is 2.02. The van der Waals surface area contributed by atoms with Crippen LogP contribution in [-0.2, 0) is 22.3 Å². The molecule has 0 bridgehead atoms. The molecule has 1 unspecified atom stereocenters. The summed E-state index contributed by atoms with van der Waals surface area (Å²) in [6, 6.07) is 7.95. The predicted molar refractivity (Wildman–Crippen MR) is 89.9 cm³/mol. The van der Waals surface area contributed by atoms with E-state index in [4.69, 9.17) is 0 Å². The molecular weight excluding hydrogens is 304 g/mol. The summed E-state index contributed by atoms with van der Waals surface area (Å²) in [6.45, 7) is 6.44. The van der Waals surface area contributed by atoms with Crippen LogP contribution in [0.2, 0.25) is 0 Å². The highest BCUT2D eigenvalue weighted by molar-refractivity contribution is 7.99. The Kier molecular flexibility index (Phi) is 6.10. The van der Waals surface area contributed by atoms with Crippen LogP contribution in [0.1, 0.15) is 25.0 Å². The van der Waals surface area contributed by atoms with E-state index in [-0.39, 0.29) is 11.8 Å². The fraction of sp³-hybridized carbons (Fsp3) is 0.600. The van der Waals surface area contributed by atoms with Crippen LogP contribution in [-0.4, -0.2) is 43.4 Å². The smallest absolute Gasteiger partial charge is 0.218 e. The number of nitrogens with zero attached hydrogens (tertiary/aromatic N) is 1. The van der Waals surface area contributed by atoms with Gasteiger partial charge in [-0.2, -0.15) is 16.1 Å². The highest BCUT2D eigenvalue weighted by Crippen LogP contribution is 2.22. The summed E-state index contributed by atoms with van der Waals surface area (Å²) in [7, 11) is -3.21. The van der Waals surface area contributed by atoms with Crippen LogP contribution < -0.4 is 5.32 Å². The van der Waals surface area contributed by atoms with Gasteiger partial charge in [0.25, 0.3) is 0 Å². The van der Waals surface area contributed by atoms with Crippen molar-refractivity contribution in [3.05, 3.63) is 35.4 Å². The third-order valence-corrected chi connectivity index (χ3v) is 6.76. The third-order valence-electron chi connectivity index (χ3n) is 3.62. The monoisotopic (exact) mass is 328 g/mol. The van der Waals surface area contributed by atoms with Gasteiger partial charge in [0.15, 0.2) is 0 Å². The first-order valence-corrected chi connectivity index (χ1v) is 10.1. The summed E-state index contributed by atoms with van der Waals surface area (Å²) in [5.74, 6) is 1.88. The zero-order valence-corrected chi connectivity index (χ0v) is 14.3. The number of benzene rings is 1. The highest BCUT2D eigenvalue weighted by atomic mass is 32.2. The largest absolute Gasteiger partial charge is 0.313 e. The van der Waals surface area contributed by atoms with E-state index >= 15 is 0 Å². The SMILES string of the molecule is CCNCc1ccc(CS(=O)(=O)N2CCSCC2C)cc1. The quantitative estimate of drug-likeness (QED) is 0.868. The second kappa shape index (κ2) is 7.63. The minimum atomic E-state index is -3.21. The molecular formula is C15H24N2O2S2. The van der Waals surface area contributed by atoms with Gasteiger partial charge >= 0.3 is 0 Å². The standard InChI is InChI=1S/C15H24N2O2S2/c1-3-16-10-14-4-6-15(7-5-14)12-21(18,19)17-8-9-20-11-13(17)2/h4-7,13,16H,3,8-12H2,1-2H3. The van der Waals surface area contributed by atoms with E-state index in [1.807, 2.05) is 43.0 Å². The number of nitrogens with one attached hydrogen (secondary N) is 1. The summed E-state index contributed by atoms with van der Waals surface area (Å²) in [5, 5.41) is 3.26. The lowest BCUT2D eigenvalue weighted by atomic mass is 10.1. The Bertz CT molecular complexity index is 543. The Morgan fingerprint density at radius 2 is 1.95 bits per heavy atom. The van der Waals surface area contributed by atoms with Crippen LogP contribution >= 0.6 is 11.8 Å². The maximum Gasteiger partial charge on any atom is 0.218 e. The second-order valence-electron chi connectivity index (χ2n) is 5.39. The molecule has 1 heterocycles. The maximum atomic E-state index is 12.5. The Labute approximate surface area is 132 Å². The molecule has 0 aromatic heterocycles. The molecule has 0 spiro atoms. The zero-order valence-electron chi connectivity index (χ0n) is 12.7. The van der Waals surface area contributed by atoms with Gasteiger partial charge in [0.05, 0.1) is 5.75 Å². The van der Waals surface area contributed by atoms with Crippen molar-refractivity contribution in [3.8, 4) is 0 Å². The average Bonchev–Trinajstić information content (AvgIpc) is 2.46. The molecule has 1 N–H and O–H groups in total. The van der Waals surface area contributed by atoms with Crippen molar-refractivity contribution >= 4 is 21.8 Å². The van der Waals surface area contributed by atoms with Crippen molar-refractivity contribution in [1.29, 1.82) is 0 Å². The number of thioether (sulfide) groups is 1. The van der Waals surface area contributed by atoms with Crippen molar-refractivity contribution in [1.82, 2.24) is 9.62 Å². The molecule has 1 aliphatic heterocycles. The van der Waals surface area contributed by atoms with Gasteiger partial charge in [-0.25, -0.2) is 8.42 Å². The lowest BCUT2D eigenvalue weighted by molar-refractivity contribution is 0.367. The van der Waals surface area contributed by atoms with Gasteiger partial charge in [0.1, 0.15) is 0 Å². The van der Waals surface area contributed by atoms with E-state index in [0.717, 1.165) is 30.2 Å². The van der Waals surface area contributed by atoms with Crippen molar-refractivity contribution < 1.29 is 8.42 Å². The Hall–Kier alpha value is -0.560. The summed E-state index contributed by atoms with van der Waals surface area (Å²) in [6.07, 6.45) is 0. The normalized spacial score (nSPS) is 20.6. The van der Waals surface area contributed by atoms with Crippen LogP contribution in [0.25, 0.3) is 0 Å². The van der Waals surface area contributed by atoms with Crippen LogP contribution in [0.4, 0.5) is 0 Å². The minimum absolute atomic E-state index is 0.0989. The van der Waals surface area contributed by atoms with Crippen LogP contribution in [0, 0.1) is 0 Å². The number of rotatable bonds is 6. The van der Waals surface area contributed by atoms with Gasteiger partial charge in [-0.1, -0.05) is 31.2 Å². The first kappa shape index (κ1) is 16.8. The fourth-order valence-corrected chi connectivity index (χ4v) is 5.44. The average molecular weight is 329 g/mol. The van der Waals surface area contributed by atoms with Crippen molar-refractivity contribution in [2.24, 2.45) is 0 Å². The molecule has 6 heteroatoms. The summed E-state index contributed by atoms with van der Waals surface area (Å²) in [5.41, 5.74) is 2.04. The predicted octanol–water partition coefficient (Wildman–Crippen LogP) is 2.06. The topological polar surface area (TPSA) is 49.4 Å². The molecule has 0 aliphatic carbocycles. The van der Waals surface area contributed by atoms with Crippen molar-refractivity contribution in [2.75, 3.05) is 24.6 Å².